The third kappa shape index (κ3) is 3.74. The van der Waals surface area contributed by atoms with Crippen molar-refractivity contribution in [3.05, 3.63) is 0 Å². The second-order valence-corrected chi connectivity index (χ2v) is 3.15. The van der Waals surface area contributed by atoms with E-state index in [4.69, 9.17) is 5.84 Å². The first-order chi connectivity index (χ1) is 6.11. The average molecular weight is 187 g/mol. The smallest absolute Gasteiger partial charge is 0.238 e. The van der Waals surface area contributed by atoms with Crippen molar-refractivity contribution in [1.82, 2.24) is 9.91 Å². The van der Waals surface area contributed by atoms with Gasteiger partial charge < -0.3 is 4.90 Å². The highest BCUT2D eigenvalue weighted by molar-refractivity contribution is 5.79. The predicted octanol–water partition coefficient (Wildman–Crippen LogP) is 0.439. The van der Waals surface area contributed by atoms with E-state index in [-0.39, 0.29) is 5.91 Å². The molecular weight excluding hydrogens is 166 g/mol. The van der Waals surface area contributed by atoms with Gasteiger partial charge in [-0.2, -0.15) is 0 Å². The molecule has 1 rings (SSSR count). The van der Waals surface area contributed by atoms with Gasteiger partial charge in [0.2, 0.25) is 5.91 Å². The van der Waals surface area contributed by atoms with Crippen LogP contribution in [0.2, 0.25) is 0 Å². The minimum atomic E-state index is 0.133. The lowest BCUT2D eigenvalue weighted by atomic mass is 10.2. The van der Waals surface area contributed by atoms with Gasteiger partial charge in [0.05, 0.1) is 6.54 Å². The maximum Gasteiger partial charge on any atom is 0.238 e. The van der Waals surface area contributed by atoms with Crippen molar-refractivity contribution >= 4 is 5.91 Å². The summed E-state index contributed by atoms with van der Waals surface area (Å²) in [4.78, 5) is 13.1. The molecule has 1 heterocycles. The Morgan fingerprint density at radius 1 is 1.31 bits per heavy atom. The molecule has 1 saturated heterocycles. The summed E-state index contributed by atoms with van der Waals surface area (Å²) in [6.07, 6.45) is 0. The molecule has 0 aromatic heterocycles. The van der Waals surface area contributed by atoms with Gasteiger partial charge >= 0.3 is 0 Å². The van der Waals surface area contributed by atoms with Crippen molar-refractivity contribution < 1.29 is 4.79 Å². The van der Waals surface area contributed by atoms with Crippen molar-refractivity contribution in [3.63, 3.8) is 0 Å². The summed E-state index contributed by atoms with van der Waals surface area (Å²) >= 11 is 0. The largest absolute Gasteiger partial charge is 0.338 e. The Morgan fingerprint density at radius 2 is 1.85 bits per heavy atom. The highest BCUT2D eigenvalue weighted by atomic mass is 16.2. The molecular formula is C9H21N3O. The molecule has 0 bridgehead atoms. The Labute approximate surface area is 80.7 Å². The lowest BCUT2D eigenvalue weighted by Gasteiger charge is -2.34. The third-order valence-electron chi connectivity index (χ3n) is 1.91. The number of hydrogen-bond donors (Lipinski definition) is 1. The van der Waals surface area contributed by atoms with Crippen LogP contribution in [0.15, 0.2) is 0 Å². The molecule has 13 heavy (non-hydrogen) atoms. The Hall–Kier alpha value is -0.610. The van der Waals surface area contributed by atoms with Crippen LogP contribution >= 0.6 is 0 Å². The third-order valence-corrected chi connectivity index (χ3v) is 1.91. The van der Waals surface area contributed by atoms with E-state index in [1.165, 1.54) is 0 Å². The first-order valence-electron chi connectivity index (χ1n) is 4.90. The summed E-state index contributed by atoms with van der Waals surface area (Å²) in [5.41, 5.74) is 0. The van der Waals surface area contributed by atoms with Crippen LogP contribution in [-0.4, -0.2) is 41.5 Å². The van der Waals surface area contributed by atoms with Crippen LogP contribution in [0.1, 0.15) is 27.7 Å². The first kappa shape index (κ1) is 12.4. The molecule has 0 spiro atoms. The van der Waals surface area contributed by atoms with E-state index in [0.717, 1.165) is 13.1 Å². The van der Waals surface area contributed by atoms with Crippen molar-refractivity contribution in [2.24, 2.45) is 5.84 Å². The van der Waals surface area contributed by atoms with Crippen LogP contribution in [-0.2, 0) is 4.79 Å². The second kappa shape index (κ2) is 5.94. The monoisotopic (exact) mass is 187 g/mol. The number of rotatable bonds is 1. The van der Waals surface area contributed by atoms with E-state index in [0.29, 0.717) is 12.6 Å². The molecule has 78 valence electrons. The van der Waals surface area contributed by atoms with Crippen LogP contribution in [0.25, 0.3) is 0 Å². The second-order valence-electron chi connectivity index (χ2n) is 3.15. The van der Waals surface area contributed by atoms with Crippen molar-refractivity contribution in [1.29, 1.82) is 0 Å². The normalized spacial score (nSPS) is 18.6. The van der Waals surface area contributed by atoms with Gasteiger partial charge in [0.15, 0.2) is 0 Å². The Balaban J connectivity index is 0.000000671. The summed E-state index contributed by atoms with van der Waals surface area (Å²) in [5, 5.41) is 1.56. The molecule has 0 saturated carbocycles. The van der Waals surface area contributed by atoms with Crippen LogP contribution < -0.4 is 5.84 Å². The van der Waals surface area contributed by atoms with Crippen LogP contribution in [0, 0.1) is 0 Å². The van der Waals surface area contributed by atoms with E-state index in [9.17, 15) is 4.79 Å². The molecule has 1 fully saturated rings. The number of nitrogens with two attached hydrogens (primary N) is 1. The van der Waals surface area contributed by atoms with Gasteiger partial charge in [-0.05, 0) is 13.8 Å². The van der Waals surface area contributed by atoms with Gasteiger partial charge in [-0.15, -0.1) is 0 Å². The number of carbonyl (C=O) groups is 1. The predicted molar refractivity (Wildman–Crippen MR) is 54.0 cm³/mol. The molecule has 0 aromatic carbocycles. The summed E-state index contributed by atoms with van der Waals surface area (Å²) < 4.78 is 0. The highest BCUT2D eigenvalue weighted by Gasteiger charge is 2.23. The fraction of sp³-hybridized carbons (Fsp3) is 0.889. The topological polar surface area (TPSA) is 49.6 Å². The van der Waals surface area contributed by atoms with Crippen molar-refractivity contribution in [3.8, 4) is 0 Å². The van der Waals surface area contributed by atoms with Gasteiger partial charge in [0.25, 0.3) is 0 Å². The summed E-state index contributed by atoms with van der Waals surface area (Å²) in [6, 6.07) is 0.302. The number of amides is 1. The molecule has 1 aliphatic rings. The molecule has 0 aromatic rings. The van der Waals surface area contributed by atoms with Crippen LogP contribution in [0.3, 0.4) is 0 Å². The molecule has 0 atom stereocenters. The molecule has 1 aliphatic heterocycles. The zero-order valence-corrected chi connectivity index (χ0v) is 9.08. The van der Waals surface area contributed by atoms with Gasteiger partial charge in [-0.1, -0.05) is 13.8 Å². The summed E-state index contributed by atoms with van der Waals surface area (Å²) in [7, 11) is 0. The van der Waals surface area contributed by atoms with E-state index in [1.54, 1.807) is 5.01 Å². The van der Waals surface area contributed by atoms with E-state index >= 15 is 0 Å². The standard InChI is InChI=1S/C7H15N3O.C2H6/c1-6(2)10-4-3-9(8)5-7(10)11;1-2/h6H,3-5,8H2,1-2H3;1-2H3. The van der Waals surface area contributed by atoms with Crippen LogP contribution in [0.5, 0.6) is 0 Å². The molecule has 0 aliphatic carbocycles. The molecule has 0 radical (unpaired) electrons. The lowest BCUT2D eigenvalue weighted by molar-refractivity contribution is -0.137. The van der Waals surface area contributed by atoms with Crippen LogP contribution in [0.4, 0.5) is 0 Å². The number of piperazine rings is 1. The van der Waals surface area contributed by atoms with Crippen molar-refractivity contribution in [2.45, 2.75) is 33.7 Å². The minimum Gasteiger partial charge on any atom is -0.338 e. The summed E-state index contributed by atoms with van der Waals surface area (Å²) in [5.74, 6) is 5.61. The molecule has 0 unspecified atom stereocenters. The van der Waals surface area contributed by atoms with E-state index in [1.807, 2.05) is 32.6 Å². The Bertz CT molecular complexity index is 159. The molecule has 2 N–H and O–H groups in total. The van der Waals surface area contributed by atoms with Gasteiger partial charge in [0.1, 0.15) is 0 Å². The quantitative estimate of drug-likeness (QED) is 0.606. The fourth-order valence-corrected chi connectivity index (χ4v) is 1.25. The van der Waals surface area contributed by atoms with E-state index < -0.39 is 0 Å². The SMILES string of the molecule is CC.CC(C)N1CCN(N)CC1=O. The number of hydrazine groups is 1. The Kier molecular flexibility index (Phi) is 5.66. The van der Waals surface area contributed by atoms with Crippen molar-refractivity contribution in [2.75, 3.05) is 19.6 Å². The highest BCUT2D eigenvalue weighted by Crippen LogP contribution is 2.03. The fourth-order valence-electron chi connectivity index (χ4n) is 1.25. The summed E-state index contributed by atoms with van der Waals surface area (Å²) in [6.45, 7) is 9.93. The maximum absolute atomic E-state index is 11.3. The number of nitrogens with zero attached hydrogens (tertiary/aromatic N) is 2. The number of carbonyl (C=O) groups excluding carboxylic acids is 1. The van der Waals surface area contributed by atoms with Gasteiger partial charge in [-0.3, -0.25) is 10.6 Å². The average Bonchev–Trinajstić information content (AvgIpc) is 2.07. The van der Waals surface area contributed by atoms with Gasteiger partial charge in [-0.25, -0.2) is 5.01 Å². The zero-order chi connectivity index (χ0) is 10.4. The van der Waals surface area contributed by atoms with Gasteiger partial charge in [0, 0.05) is 19.1 Å². The zero-order valence-electron chi connectivity index (χ0n) is 9.08. The minimum absolute atomic E-state index is 0.133. The first-order valence-corrected chi connectivity index (χ1v) is 4.90. The maximum atomic E-state index is 11.3. The van der Waals surface area contributed by atoms with E-state index in [2.05, 4.69) is 0 Å². The molecule has 4 heteroatoms. The molecule has 1 amide bonds. The molecule has 4 nitrogen and oxygen atoms in total. The Morgan fingerprint density at radius 3 is 2.23 bits per heavy atom. The lowest BCUT2D eigenvalue weighted by Crippen LogP contribution is -2.54. The number of hydrogen-bond acceptors (Lipinski definition) is 3.